The lowest BCUT2D eigenvalue weighted by Gasteiger charge is -2.16. The molecule has 0 fully saturated rings. The minimum absolute atomic E-state index is 0.682. The Morgan fingerprint density at radius 3 is 2.50 bits per heavy atom. The Hall–Kier alpha value is -1.54. The van der Waals surface area contributed by atoms with Gasteiger partial charge in [-0.15, -0.1) is 0 Å². The van der Waals surface area contributed by atoms with E-state index in [0.29, 0.717) is 5.92 Å². The van der Waals surface area contributed by atoms with Gasteiger partial charge in [0.1, 0.15) is 0 Å². The smallest absolute Gasteiger partial charge is 0.0346 e. The highest BCUT2D eigenvalue weighted by molar-refractivity contribution is 5.85. The summed E-state index contributed by atoms with van der Waals surface area (Å²) in [5.41, 5.74) is 1.21. The van der Waals surface area contributed by atoms with Crippen LogP contribution in [-0.4, -0.2) is 20.1 Å². The molecule has 0 aromatic heterocycles. The van der Waals surface area contributed by atoms with E-state index in [9.17, 15) is 0 Å². The van der Waals surface area contributed by atoms with Gasteiger partial charge in [0.15, 0.2) is 0 Å². The van der Waals surface area contributed by atoms with Crippen LogP contribution in [0.3, 0.4) is 0 Å². The molecule has 2 N–H and O–H groups in total. The van der Waals surface area contributed by atoms with Crippen LogP contribution in [0.15, 0.2) is 42.5 Å². The van der Waals surface area contributed by atoms with Crippen molar-refractivity contribution in [3.63, 3.8) is 0 Å². The summed E-state index contributed by atoms with van der Waals surface area (Å²) in [4.78, 5) is 0. The molecule has 1 atom stereocenters. The molecule has 0 saturated carbocycles. The summed E-state index contributed by atoms with van der Waals surface area (Å²) in [6.45, 7) is 4.33. The maximum atomic E-state index is 3.53. The lowest BCUT2D eigenvalue weighted by Crippen LogP contribution is -2.24. The van der Waals surface area contributed by atoms with Gasteiger partial charge >= 0.3 is 0 Å². The number of anilines is 1. The zero-order valence-electron chi connectivity index (χ0n) is 11.2. The Labute approximate surface area is 109 Å². The molecular weight excluding hydrogens is 220 g/mol. The van der Waals surface area contributed by atoms with Crippen LogP contribution in [0.2, 0.25) is 0 Å². The number of benzene rings is 2. The van der Waals surface area contributed by atoms with E-state index in [1.807, 2.05) is 7.05 Å². The fraction of sp³-hybridized carbons (Fsp3) is 0.375. The van der Waals surface area contributed by atoms with Crippen molar-refractivity contribution in [3.05, 3.63) is 42.5 Å². The Kier molecular flexibility index (Phi) is 4.59. The lowest BCUT2D eigenvalue weighted by molar-refractivity contribution is 0.507. The zero-order valence-corrected chi connectivity index (χ0v) is 11.2. The molecule has 18 heavy (non-hydrogen) atoms. The van der Waals surface area contributed by atoms with E-state index in [1.165, 1.54) is 22.9 Å². The van der Waals surface area contributed by atoms with Crippen molar-refractivity contribution >= 4 is 16.5 Å². The molecule has 0 saturated heterocycles. The second-order valence-electron chi connectivity index (χ2n) is 4.77. The van der Waals surface area contributed by atoms with E-state index in [-0.39, 0.29) is 0 Å². The van der Waals surface area contributed by atoms with Crippen LogP contribution in [0.5, 0.6) is 0 Å². The van der Waals surface area contributed by atoms with Gasteiger partial charge in [0, 0.05) is 12.2 Å². The van der Waals surface area contributed by atoms with Crippen molar-refractivity contribution in [1.82, 2.24) is 5.32 Å². The predicted molar refractivity (Wildman–Crippen MR) is 80.1 cm³/mol. The van der Waals surface area contributed by atoms with Crippen LogP contribution in [0.25, 0.3) is 10.8 Å². The van der Waals surface area contributed by atoms with Gasteiger partial charge in [0.2, 0.25) is 0 Å². The van der Waals surface area contributed by atoms with Gasteiger partial charge in [-0.25, -0.2) is 0 Å². The van der Waals surface area contributed by atoms with E-state index >= 15 is 0 Å². The Morgan fingerprint density at radius 2 is 1.78 bits per heavy atom. The van der Waals surface area contributed by atoms with Gasteiger partial charge in [0.25, 0.3) is 0 Å². The molecule has 2 nitrogen and oxygen atoms in total. The Bertz CT molecular complexity index is 493. The number of hydrogen-bond acceptors (Lipinski definition) is 2. The summed E-state index contributed by atoms with van der Waals surface area (Å²) >= 11 is 0. The molecule has 0 bridgehead atoms. The van der Waals surface area contributed by atoms with Crippen LogP contribution < -0.4 is 10.6 Å². The minimum Gasteiger partial charge on any atom is -0.385 e. The molecule has 96 valence electrons. The fourth-order valence-corrected chi connectivity index (χ4v) is 2.21. The molecule has 0 aliphatic heterocycles. The van der Waals surface area contributed by atoms with Gasteiger partial charge in [-0.2, -0.15) is 0 Å². The molecule has 2 heteroatoms. The largest absolute Gasteiger partial charge is 0.385 e. The molecule has 1 unspecified atom stereocenters. The molecule has 2 aromatic carbocycles. The second-order valence-corrected chi connectivity index (χ2v) is 4.77. The maximum Gasteiger partial charge on any atom is 0.0346 e. The first-order chi connectivity index (χ1) is 8.83. The summed E-state index contributed by atoms with van der Waals surface area (Å²) < 4.78 is 0. The Morgan fingerprint density at radius 1 is 1.00 bits per heavy atom. The van der Waals surface area contributed by atoms with Crippen LogP contribution >= 0.6 is 0 Å². The van der Waals surface area contributed by atoms with Crippen molar-refractivity contribution in [2.45, 2.75) is 13.3 Å². The van der Waals surface area contributed by atoms with Gasteiger partial charge in [-0.3, -0.25) is 0 Å². The van der Waals surface area contributed by atoms with Crippen molar-refractivity contribution in [3.8, 4) is 0 Å². The molecule has 0 amide bonds. The summed E-state index contributed by atoms with van der Waals surface area (Å²) in [6.07, 6.45) is 1.20. The number of nitrogens with one attached hydrogen (secondary N) is 2. The molecule has 0 spiro atoms. The first kappa shape index (κ1) is 12.9. The summed E-state index contributed by atoms with van der Waals surface area (Å²) in [7, 11) is 2.01. The number of fused-ring (bicyclic) bond motifs is 1. The zero-order chi connectivity index (χ0) is 12.8. The minimum atomic E-state index is 0.682. The van der Waals surface area contributed by atoms with Crippen LogP contribution in [-0.2, 0) is 0 Å². The van der Waals surface area contributed by atoms with E-state index in [1.54, 1.807) is 0 Å². The molecule has 2 rings (SSSR count). The van der Waals surface area contributed by atoms with Crippen LogP contribution in [0, 0.1) is 5.92 Å². The SMILES string of the molecule is CCC(CNC)CNc1ccc2ccccc2c1. The molecular formula is C16H22N2. The van der Waals surface area contributed by atoms with Gasteiger partial charge in [0.05, 0.1) is 0 Å². The highest BCUT2D eigenvalue weighted by atomic mass is 14.9. The van der Waals surface area contributed by atoms with Crippen LogP contribution in [0.4, 0.5) is 5.69 Å². The quantitative estimate of drug-likeness (QED) is 0.810. The van der Waals surface area contributed by atoms with E-state index in [4.69, 9.17) is 0 Å². The highest BCUT2D eigenvalue weighted by Gasteiger charge is 2.04. The van der Waals surface area contributed by atoms with Crippen molar-refractivity contribution in [2.24, 2.45) is 5.92 Å². The number of rotatable bonds is 6. The lowest BCUT2D eigenvalue weighted by atomic mass is 10.1. The van der Waals surface area contributed by atoms with Crippen molar-refractivity contribution in [2.75, 3.05) is 25.5 Å². The molecule has 0 aliphatic rings. The average Bonchev–Trinajstić information content (AvgIpc) is 2.43. The van der Waals surface area contributed by atoms with E-state index in [2.05, 4.69) is 60.0 Å². The first-order valence-electron chi connectivity index (χ1n) is 6.70. The fourth-order valence-electron chi connectivity index (χ4n) is 2.21. The standard InChI is InChI=1S/C16H22N2/c1-3-13(11-17-2)12-18-16-9-8-14-6-4-5-7-15(14)10-16/h4-10,13,17-18H,3,11-12H2,1-2H3. The first-order valence-corrected chi connectivity index (χ1v) is 6.70. The maximum absolute atomic E-state index is 3.53. The average molecular weight is 242 g/mol. The van der Waals surface area contributed by atoms with Crippen molar-refractivity contribution in [1.29, 1.82) is 0 Å². The molecule has 0 aliphatic carbocycles. The predicted octanol–water partition coefficient (Wildman–Crippen LogP) is 3.50. The van der Waals surface area contributed by atoms with E-state index < -0.39 is 0 Å². The van der Waals surface area contributed by atoms with Crippen LogP contribution in [0.1, 0.15) is 13.3 Å². The topological polar surface area (TPSA) is 24.1 Å². The van der Waals surface area contributed by atoms with Gasteiger partial charge in [-0.1, -0.05) is 43.7 Å². The van der Waals surface area contributed by atoms with Gasteiger partial charge in [-0.05, 0) is 42.4 Å². The normalized spacial score (nSPS) is 12.6. The third-order valence-electron chi connectivity index (χ3n) is 3.41. The third kappa shape index (κ3) is 3.23. The summed E-state index contributed by atoms with van der Waals surface area (Å²) in [5, 5.41) is 9.37. The molecule has 0 heterocycles. The van der Waals surface area contributed by atoms with Crippen molar-refractivity contribution < 1.29 is 0 Å². The highest BCUT2D eigenvalue weighted by Crippen LogP contribution is 2.19. The van der Waals surface area contributed by atoms with E-state index in [0.717, 1.165) is 13.1 Å². The summed E-state index contributed by atoms with van der Waals surface area (Å²) in [5.74, 6) is 0.682. The number of hydrogen-bond donors (Lipinski definition) is 2. The van der Waals surface area contributed by atoms with Gasteiger partial charge < -0.3 is 10.6 Å². The molecule has 2 aromatic rings. The third-order valence-corrected chi connectivity index (χ3v) is 3.41. The second kappa shape index (κ2) is 6.41. The Balaban J connectivity index is 2.03. The monoisotopic (exact) mass is 242 g/mol. The summed E-state index contributed by atoms with van der Waals surface area (Å²) in [6, 6.07) is 15.0. The molecule has 0 radical (unpaired) electrons.